The fraction of sp³-hybridized carbons (Fsp3) is 0.333. The van der Waals surface area contributed by atoms with Gasteiger partial charge in [0, 0.05) is 23.1 Å². The monoisotopic (exact) mass is 457 g/mol. The van der Waals surface area contributed by atoms with Crippen molar-refractivity contribution in [3.63, 3.8) is 0 Å². The zero-order valence-corrected chi connectivity index (χ0v) is 18.5. The summed E-state index contributed by atoms with van der Waals surface area (Å²) in [4.78, 5) is 8.72. The fourth-order valence-electron chi connectivity index (χ4n) is 3.62. The maximum absolute atomic E-state index is 13.2. The lowest BCUT2D eigenvalue weighted by atomic mass is 10.1. The molecular formula is C24H26F3N5O. The molecule has 1 aromatic heterocycles. The molecule has 1 aliphatic rings. The summed E-state index contributed by atoms with van der Waals surface area (Å²) < 4.78 is 45.7. The number of nitrogens with one attached hydrogen (secondary N) is 3. The van der Waals surface area contributed by atoms with E-state index in [4.69, 9.17) is 4.74 Å². The largest absolute Gasteiger partial charge is 0.490 e. The first kappa shape index (κ1) is 22.8. The molecular weight excluding hydrogens is 431 g/mol. The van der Waals surface area contributed by atoms with Crippen LogP contribution >= 0.6 is 0 Å². The molecule has 174 valence electrons. The molecule has 2 aromatic carbocycles. The Morgan fingerprint density at radius 3 is 2.33 bits per heavy atom. The van der Waals surface area contributed by atoms with Crippen molar-refractivity contribution in [1.82, 2.24) is 15.3 Å². The highest BCUT2D eigenvalue weighted by molar-refractivity contribution is 5.63. The first-order valence-corrected chi connectivity index (χ1v) is 10.8. The van der Waals surface area contributed by atoms with Crippen LogP contribution in [0.4, 0.5) is 36.3 Å². The number of aromatic nitrogens is 2. The molecule has 0 aliphatic carbocycles. The van der Waals surface area contributed by atoms with Gasteiger partial charge in [0.15, 0.2) is 0 Å². The van der Waals surface area contributed by atoms with Gasteiger partial charge in [0.2, 0.25) is 5.95 Å². The van der Waals surface area contributed by atoms with Gasteiger partial charge in [-0.05, 0) is 81.7 Å². The smallest absolute Gasteiger partial charge is 0.416 e. The van der Waals surface area contributed by atoms with Gasteiger partial charge in [0.05, 0.1) is 5.56 Å². The first-order chi connectivity index (χ1) is 15.8. The van der Waals surface area contributed by atoms with Gasteiger partial charge in [-0.1, -0.05) is 6.07 Å². The van der Waals surface area contributed by atoms with Gasteiger partial charge in [0.25, 0.3) is 0 Å². The van der Waals surface area contributed by atoms with Crippen molar-refractivity contribution in [3.05, 3.63) is 65.4 Å². The third-order valence-electron chi connectivity index (χ3n) is 5.48. The third kappa shape index (κ3) is 5.92. The van der Waals surface area contributed by atoms with E-state index in [-0.39, 0.29) is 11.7 Å². The molecule has 9 heteroatoms. The van der Waals surface area contributed by atoms with Crippen LogP contribution in [0.25, 0.3) is 0 Å². The van der Waals surface area contributed by atoms with Crippen molar-refractivity contribution in [2.45, 2.75) is 39.0 Å². The van der Waals surface area contributed by atoms with Crippen molar-refractivity contribution in [2.75, 3.05) is 23.7 Å². The number of nitrogens with zero attached hydrogens (tertiary/aromatic N) is 2. The lowest BCUT2D eigenvalue weighted by Crippen LogP contribution is -2.34. The lowest BCUT2D eigenvalue weighted by molar-refractivity contribution is -0.138. The van der Waals surface area contributed by atoms with E-state index in [2.05, 4.69) is 25.9 Å². The standard InChI is InChI=1S/C24H26F3N5O/c1-15-3-4-18(13-21(15)24(25,26)27)30-22-16(2)14-29-23(32-22)31-17-5-7-19(8-6-17)33-20-9-11-28-12-10-20/h3-8,13-14,20,28H,9-12H2,1-2H3,(H2,29,30,31,32). The molecule has 3 N–H and O–H groups in total. The Labute approximate surface area is 190 Å². The molecule has 6 nitrogen and oxygen atoms in total. The second-order valence-electron chi connectivity index (χ2n) is 8.09. The van der Waals surface area contributed by atoms with Crippen LogP contribution in [0, 0.1) is 13.8 Å². The molecule has 33 heavy (non-hydrogen) atoms. The minimum atomic E-state index is -4.42. The predicted molar refractivity (Wildman–Crippen MR) is 122 cm³/mol. The second kappa shape index (κ2) is 9.66. The summed E-state index contributed by atoms with van der Waals surface area (Å²) in [7, 11) is 0. The lowest BCUT2D eigenvalue weighted by Gasteiger charge is -2.23. The van der Waals surface area contributed by atoms with Gasteiger partial charge in [-0.15, -0.1) is 0 Å². The van der Waals surface area contributed by atoms with E-state index in [1.807, 2.05) is 24.3 Å². The normalized spacial score (nSPS) is 14.7. The van der Waals surface area contributed by atoms with Crippen LogP contribution in [0.5, 0.6) is 5.75 Å². The van der Waals surface area contributed by atoms with Gasteiger partial charge in [0.1, 0.15) is 17.7 Å². The Hall–Kier alpha value is -3.33. The molecule has 1 fully saturated rings. The summed E-state index contributed by atoms with van der Waals surface area (Å²) in [5.74, 6) is 1.56. The summed E-state index contributed by atoms with van der Waals surface area (Å²) in [6, 6.07) is 11.7. The molecule has 0 radical (unpaired) electrons. The Morgan fingerprint density at radius 1 is 0.939 bits per heavy atom. The van der Waals surface area contributed by atoms with Gasteiger partial charge in [-0.3, -0.25) is 0 Å². The van der Waals surface area contributed by atoms with Crippen molar-refractivity contribution in [2.24, 2.45) is 0 Å². The van der Waals surface area contributed by atoms with E-state index in [0.717, 1.165) is 43.4 Å². The number of halogens is 3. The maximum atomic E-state index is 13.2. The number of anilines is 4. The van der Waals surface area contributed by atoms with Crippen LogP contribution < -0.4 is 20.7 Å². The Bertz CT molecular complexity index is 1100. The minimum absolute atomic E-state index is 0.169. The number of rotatable bonds is 6. The summed E-state index contributed by atoms with van der Waals surface area (Å²) in [6.45, 7) is 5.15. The highest BCUT2D eigenvalue weighted by Crippen LogP contribution is 2.34. The maximum Gasteiger partial charge on any atom is 0.416 e. The van der Waals surface area contributed by atoms with E-state index in [1.165, 1.54) is 13.0 Å². The zero-order valence-electron chi connectivity index (χ0n) is 18.5. The van der Waals surface area contributed by atoms with Gasteiger partial charge in [-0.2, -0.15) is 18.2 Å². The van der Waals surface area contributed by atoms with Crippen molar-refractivity contribution >= 4 is 23.1 Å². The molecule has 1 saturated heterocycles. The summed E-state index contributed by atoms with van der Waals surface area (Å²) in [6.07, 6.45) is -0.611. The Morgan fingerprint density at radius 2 is 1.64 bits per heavy atom. The second-order valence-corrected chi connectivity index (χ2v) is 8.09. The van der Waals surface area contributed by atoms with E-state index < -0.39 is 11.7 Å². The molecule has 4 rings (SSSR count). The molecule has 0 unspecified atom stereocenters. The highest BCUT2D eigenvalue weighted by Gasteiger charge is 2.32. The predicted octanol–water partition coefficient (Wildman–Crippen LogP) is 5.73. The van der Waals surface area contributed by atoms with Gasteiger partial charge < -0.3 is 20.7 Å². The van der Waals surface area contributed by atoms with Crippen molar-refractivity contribution in [1.29, 1.82) is 0 Å². The van der Waals surface area contributed by atoms with E-state index >= 15 is 0 Å². The van der Waals surface area contributed by atoms with E-state index in [1.54, 1.807) is 19.2 Å². The quantitative estimate of drug-likeness (QED) is 0.439. The summed E-state index contributed by atoms with van der Waals surface area (Å²) >= 11 is 0. The average molecular weight is 458 g/mol. The zero-order chi connectivity index (χ0) is 23.4. The number of piperidine rings is 1. The Balaban J connectivity index is 1.45. The van der Waals surface area contributed by atoms with Crippen molar-refractivity contribution < 1.29 is 17.9 Å². The topological polar surface area (TPSA) is 71.1 Å². The van der Waals surface area contributed by atoms with E-state index in [0.29, 0.717) is 23.0 Å². The molecule has 0 atom stereocenters. The molecule has 0 bridgehead atoms. The average Bonchev–Trinajstić information content (AvgIpc) is 2.78. The number of alkyl halides is 3. The van der Waals surface area contributed by atoms with Crippen LogP contribution in [0.15, 0.2) is 48.7 Å². The van der Waals surface area contributed by atoms with E-state index in [9.17, 15) is 13.2 Å². The Kier molecular flexibility index (Phi) is 6.69. The molecule has 0 saturated carbocycles. The van der Waals surface area contributed by atoms with Crippen LogP contribution in [-0.2, 0) is 6.18 Å². The first-order valence-electron chi connectivity index (χ1n) is 10.8. The summed E-state index contributed by atoms with van der Waals surface area (Å²) in [5, 5.41) is 9.41. The number of benzene rings is 2. The van der Waals surface area contributed by atoms with Crippen LogP contribution in [-0.4, -0.2) is 29.2 Å². The number of hydrogen-bond acceptors (Lipinski definition) is 6. The SMILES string of the molecule is Cc1ccc(Nc2nc(Nc3ccc(OC4CCNCC4)cc3)ncc2C)cc1C(F)(F)F. The van der Waals surface area contributed by atoms with Gasteiger partial charge in [-0.25, -0.2) is 4.98 Å². The number of hydrogen-bond donors (Lipinski definition) is 3. The molecule has 3 aromatic rings. The van der Waals surface area contributed by atoms with Crippen LogP contribution in [0.3, 0.4) is 0 Å². The highest BCUT2D eigenvalue weighted by atomic mass is 19.4. The van der Waals surface area contributed by atoms with Crippen LogP contribution in [0.2, 0.25) is 0 Å². The molecule has 0 amide bonds. The number of ether oxygens (including phenoxy) is 1. The fourth-order valence-corrected chi connectivity index (χ4v) is 3.62. The summed E-state index contributed by atoms with van der Waals surface area (Å²) in [5.41, 5.74) is 1.28. The minimum Gasteiger partial charge on any atom is -0.490 e. The number of aryl methyl sites for hydroxylation is 2. The third-order valence-corrected chi connectivity index (χ3v) is 5.48. The van der Waals surface area contributed by atoms with Crippen molar-refractivity contribution in [3.8, 4) is 5.75 Å². The molecule has 1 aliphatic heterocycles. The van der Waals surface area contributed by atoms with Gasteiger partial charge >= 0.3 is 6.18 Å². The molecule has 2 heterocycles. The van der Waals surface area contributed by atoms with Crippen LogP contribution in [0.1, 0.15) is 29.5 Å². The molecule has 0 spiro atoms.